The number of likely N-dealkylation sites (N-methyl/N-ethyl adjacent to an activating group) is 1. The van der Waals surface area contributed by atoms with Crippen molar-refractivity contribution in [3.63, 3.8) is 0 Å². The topological polar surface area (TPSA) is 50.4 Å². The van der Waals surface area contributed by atoms with E-state index in [1.165, 1.54) is 0 Å². The summed E-state index contributed by atoms with van der Waals surface area (Å²) in [6.07, 6.45) is 5.54. The van der Waals surface area contributed by atoms with Crippen LogP contribution in [0.2, 0.25) is 0 Å². The van der Waals surface area contributed by atoms with E-state index >= 15 is 0 Å². The van der Waals surface area contributed by atoms with Crippen LogP contribution in [0.5, 0.6) is 0 Å². The molecule has 0 radical (unpaired) electrons. The third-order valence-corrected chi connectivity index (χ3v) is 2.07. The van der Waals surface area contributed by atoms with Crippen LogP contribution < -0.4 is 10.6 Å². The largest absolute Gasteiger partial charge is 0.459 e. The predicted octanol–water partition coefficient (Wildman–Crippen LogP) is 1.79. The lowest BCUT2D eigenvalue weighted by Crippen LogP contribution is -2.40. The van der Waals surface area contributed by atoms with Gasteiger partial charge in [0.25, 0.3) is 0 Å². The molecule has 0 fully saturated rings. The number of carbonyl (C=O) groups excluding carboxylic acids is 1. The molecule has 2 N–H and O–H groups in total. The minimum Gasteiger partial charge on any atom is -0.459 e. The van der Waals surface area contributed by atoms with Crippen molar-refractivity contribution in [2.75, 3.05) is 19.6 Å². The van der Waals surface area contributed by atoms with Crippen LogP contribution in [0.15, 0.2) is 30.5 Å². The Bertz CT molecular complexity index is 337. The van der Waals surface area contributed by atoms with Gasteiger partial charge in [-0.05, 0) is 33.4 Å². The molecule has 0 spiro atoms. The molecule has 0 aliphatic rings. The summed E-state index contributed by atoms with van der Waals surface area (Å²) in [5.41, 5.74) is 2.22. The van der Waals surface area contributed by atoms with Gasteiger partial charge in [0.05, 0.1) is 0 Å². The quantitative estimate of drug-likeness (QED) is 0.304. The summed E-state index contributed by atoms with van der Waals surface area (Å²) in [4.78, 5) is 11.9. The Hall–Kier alpha value is -1.35. The fourth-order valence-corrected chi connectivity index (χ4v) is 1.33. The van der Waals surface area contributed by atoms with E-state index in [-0.39, 0.29) is 5.97 Å². The Balaban J connectivity index is 4.27. The van der Waals surface area contributed by atoms with E-state index in [2.05, 4.69) is 22.9 Å². The molecule has 0 aliphatic carbocycles. The van der Waals surface area contributed by atoms with Crippen LogP contribution in [-0.4, -0.2) is 37.2 Å². The minimum atomic E-state index is -0.467. The van der Waals surface area contributed by atoms with Gasteiger partial charge in [-0.25, -0.2) is 4.79 Å². The molecule has 0 amide bonds. The van der Waals surface area contributed by atoms with E-state index in [9.17, 15) is 4.79 Å². The predicted molar refractivity (Wildman–Crippen MR) is 79.0 cm³/mol. The van der Waals surface area contributed by atoms with Gasteiger partial charge in [-0.15, -0.1) is 5.73 Å². The maximum atomic E-state index is 11.9. The zero-order chi connectivity index (χ0) is 14.7. The van der Waals surface area contributed by atoms with E-state index in [0.717, 1.165) is 0 Å². The molecule has 4 nitrogen and oxygen atoms in total. The second-order valence-corrected chi connectivity index (χ2v) is 5.06. The second-order valence-electron chi connectivity index (χ2n) is 5.06. The maximum Gasteiger partial charge on any atom is 0.327 e. The fraction of sp³-hybridized carbons (Fsp3) is 0.600. The van der Waals surface area contributed by atoms with Crippen LogP contribution in [0.25, 0.3) is 0 Å². The maximum absolute atomic E-state index is 11.9. The highest BCUT2D eigenvalue weighted by Crippen LogP contribution is 2.08. The first kappa shape index (κ1) is 17.6. The molecule has 0 aromatic rings. The second kappa shape index (κ2) is 9.56. The molecular weight excluding hydrogens is 240 g/mol. The highest BCUT2D eigenvalue weighted by Gasteiger charge is 2.22. The number of hydrogen-bond acceptors (Lipinski definition) is 4. The molecule has 0 aromatic heterocycles. The SMILES string of the molecule is C=C=CCNCC=CC(NCC)C(=O)OC(C)(C)C. The van der Waals surface area contributed by atoms with Gasteiger partial charge in [-0.1, -0.05) is 25.7 Å². The number of rotatable bonds is 8. The number of carbonyl (C=O) groups is 1. The summed E-state index contributed by atoms with van der Waals surface area (Å²) in [5.74, 6) is -0.253. The van der Waals surface area contributed by atoms with Gasteiger partial charge in [-0.3, -0.25) is 0 Å². The average molecular weight is 266 g/mol. The molecule has 19 heavy (non-hydrogen) atoms. The Morgan fingerprint density at radius 1 is 1.42 bits per heavy atom. The van der Waals surface area contributed by atoms with E-state index in [4.69, 9.17) is 4.74 Å². The van der Waals surface area contributed by atoms with E-state index in [0.29, 0.717) is 19.6 Å². The van der Waals surface area contributed by atoms with E-state index in [1.807, 2.05) is 45.9 Å². The van der Waals surface area contributed by atoms with Crippen molar-refractivity contribution in [1.82, 2.24) is 10.6 Å². The average Bonchev–Trinajstić information content (AvgIpc) is 2.30. The molecule has 0 aromatic carbocycles. The van der Waals surface area contributed by atoms with Crippen molar-refractivity contribution < 1.29 is 9.53 Å². The van der Waals surface area contributed by atoms with Gasteiger partial charge in [-0.2, -0.15) is 0 Å². The van der Waals surface area contributed by atoms with Crippen molar-refractivity contribution in [3.05, 3.63) is 30.5 Å². The molecule has 0 bridgehead atoms. The van der Waals surface area contributed by atoms with Gasteiger partial charge >= 0.3 is 5.97 Å². The summed E-state index contributed by atoms with van der Waals surface area (Å²) in [6, 6.07) is -0.402. The normalized spacial score (nSPS) is 13.1. The van der Waals surface area contributed by atoms with Crippen molar-refractivity contribution >= 4 is 5.97 Å². The van der Waals surface area contributed by atoms with Crippen LogP contribution in [0.4, 0.5) is 0 Å². The first-order valence-corrected chi connectivity index (χ1v) is 6.58. The monoisotopic (exact) mass is 266 g/mol. The van der Waals surface area contributed by atoms with Gasteiger partial charge < -0.3 is 15.4 Å². The molecular formula is C15H26N2O2. The Morgan fingerprint density at radius 2 is 2.11 bits per heavy atom. The molecule has 0 rings (SSSR count). The third kappa shape index (κ3) is 10.3. The van der Waals surface area contributed by atoms with Crippen LogP contribution >= 0.6 is 0 Å². The molecule has 4 heteroatoms. The number of esters is 1. The summed E-state index contributed by atoms with van der Waals surface area (Å²) < 4.78 is 5.35. The molecule has 0 saturated heterocycles. The van der Waals surface area contributed by atoms with Gasteiger partial charge in [0, 0.05) is 13.1 Å². The lowest BCUT2D eigenvalue weighted by atomic mass is 10.2. The third-order valence-electron chi connectivity index (χ3n) is 2.07. The summed E-state index contributed by atoms with van der Waals surface area (Å²) in [5, 5.41) is 6.23. The van der Waals surface area contributed by atoms with E-state index < -0.39 is 11.6 Å². The Labute approximate surface area is 116 Å². The van der Waals surface area contributed by atoms with Crippen molar-refractivity contribution in [2.45, 2.75) is 39.3 Å². The molecule has 1 atom stereocenters. The minimum absolute atomic E-state index is 0.253. The highest BCUT2D eigenvalue weighted by atomic mass is 16.6. The lowest BCUT2D eigenvalue weighted by Gasteiger charge is -2.22. The summed E-state index contributed by atoms with van der Waals surface area (Å²) >= 11 is 0. The zero-order valence-corrected chi connectivity index (χ0v) is 12.5. The van der Waals surface area contributed by atoms with Gasteiger partial charge in [0.15, 0.2) is 0 Å². The van der Waals surface area contributed by atoms with Crippen LogP contribution in [-0.2, 0) is 9.53 Å². The first-order chi connectivity index (χ1) is 8.90. The smallest absolute Gasteiger partial charge is 0.327 e. The Morgan fingerprint density at radius 3 is 2.63 bits per heavy atom. The highest BCUT2D eigenvalue weighted by molar-refractivity contribution is 5.78. The molecule has 0 aliphatic heterocycles. The molecule has 0 heterocycles. The van der Waals surface area contributed by atoms with Crippen LogP contribution in [0.3, 0.4) is 0 Å². The standard InChI is InChI=1S/C15H26N2O2/c1-6-8-11-16-12-9-10-13(17-7-2)14(18)19-15(3,4)5/h8-10,13,16-17H,1,7,11-12H2,2-5H3. The summed E-state index contributed by atoms with van der Waals surface area (Å²) in [6.45, 7) is 13.1. The Kier molecular flexibility index (Phi) is 8.88. The van der Waals surface area contributed by atoms with Gasteiger partial charge in [0.1, 0.15) is 11.6 Å². The lowest BCUT2D eigenvalue weighted by molar-refractivity contribution is -0.156. The van der Waals surface area contributed by atoms with Crippen molar-refractivity contribution in [3.8, 4) is 0 Å². The first-order valence-electron chi connectivity index (χ1n) is 6.58. The molecule has 1 unspecified atom stereocenters. The van der Waals surface area contributed by atoms with E-state index in [1.54, 1.807) is 0 Å². The van der Waals surface area contributed by atoms with Crippen molar-refractivity contribution in [2.24, 2.45) is 0 Å². The molecule has 0 saturated carbocycles. The molecule has 108 valence electrons. The zero-order valence-electron chi connectivity index (χ0n) is 12.5. The van der Waals surface area contributed by atoms with Crippen LogP contribution in [0.1, 0.15) is 27.7 Å². The van der Waals surface area contributed by atoms with Crippen molar-refractivity contribution in [1.29, 1.82) is 0 Å². The number of nitrogens with one attached hydrogen (secondary N) is 2. The number of ether oxygens (including phenoxy) is 1. The summed E-state index contributed by atoms with van der Waals surface area (Å²) in [7, 11) is 0. The van der Waals surface area contributed by atoms with Gasteiger partial charge in [0.2, 0.25) is 0 Å². The number of hydrogen-bond donors (Lipinski definition) is 2. The fourth-order valence-electron chi connectivity index (χ4n) is 1.33. The van der Waals surface area contributed by atoms with Crippen LogP contribution in [0, 0.1) is 0 Å².